The van der Waals surface area contributed by atoms with Gasteiger partial charge in [0, 0.05) is 30.8 Å². The fourth-order valence-corrected chi connectivity index (χ4v) is 7.15. The minimum absolute atomic E-state index is 0.0216. The van der Waals surface area contributed by atoms with Crippen molar-refractivity contribution in [1.82, 2.24) is 0 Å². The summed E-state index contributed by atoms with van der Waals surface area (Å²) < 4.78 is 21.0. The maximum Gasteiger partial charge on any atom is 0.246 e. The van der Waals surface area contributed by atoms with Crippen LogP contribution in [-0.4, -0.2) is 44.8 Å². The molecule has 3 rings (SSSR count). The number of anilines is 1. The number of hydrogen-bond acceptors (Lipinski definition) is 3. The van der Waals surface area contributed by atoms with E-state index in [1.54, 1.807) is 13.1 Å². The van der Waals surface area contributed by atoms with Gasteiger partial charge in [0.1, 0.15) is 0 Å². The zero-order chi connectivity index (χ0) is 18.9. The Bertz CT molecular complexity index is 648. The number of rotatable bonds is 7. The van der Waals surface area contributed by atoms with E-state index in [9.17, 15) is 14.0 Å². The molecule has 1 amide bonds. The highest BCUT2D eigenvalue weighted by atomic mass is 28.4. The molecule has 144 valence electrons. The van der Waals surface area contributed by atoms with Crippen molar-refractivity contribution in [3.63, 3.8) is 0 Å². The largest absolute Gasteiger partial charge is 0.396 e. The second kappa shape index (κ2) is 7.78. The Morgan fingerprint density at radius 1 is 1.31 bits per heavy atom. The highest BCUT2D eigenvalue weighted by Crippen LogP contribution is 2.46. The van der Waals surface area contributed by atoms with Crippen LogP contribution >= 0.6 is 0 Å². The van der Waals surface area contributed by atoms with E-state index in [2.05, 4.69) is 19.1 Å². The monoisotopic (exact) mass is 379 g/mol. The average Bonchev–Trinajstić information content (AvgIpc) is 2.88. The maximum absolute atomic E-state index is 14.8. The molecule has 1 aromatic rings. The Kier molecular flexibility index (Phi) is 5.84. The van der Waals surface area contributed by atoms with Crippen molar-refractivity contribution in [3.8, 4) is 0 Å². The van der Waals surface area contributed by atoms with Crippen molar-refractivity contribution in [1.29, 1.82) is 0 Å². The van der Waals surface area contributed by atoms with Crippen molar-refractivity contribution < 1.29 is 18.7 Å². The Morgan fingerprint density at radius 2 is 2.08 bits per heavy atom. The van der Waals surface area contributed by atoms with E-state index in [1.807, 2.05) is 17.0 Å². The van der Waals surface area contributed by atoms with Crippen LogP contribution in [0.1, 0.15) is 31.7 Å². The summed E-state index contributed by atoms with van der Waals surface area (Å²) in [6.07, 6.45) is 2.68. The van der Waals surface area contributed by atoms with E-state index in [0.29, 0.717) is 12.8 Å². The summed E-state index contributed by atoms with van der Waals surface area (Å²) in [6.45, 7) is 6.43. The number of carbonyl (C=O) groups is 1. The van der Waals surface area contributed by atoms with Gasteiger partial charge in [-0.3, -0.25) is 4.79 Å². The standard InChI is InChI=1S/C20H30FNO3Si/c1-14-17(25-18(10-12-23)20(14)26(2,3)21)8-7-15-5-4-6-16(13-15)22-11-9-19(22)24/h4-6,13-14,17-18,20,23H,7-12H2,1-3H3/t14-,17+,18-,20+/m1/s1. The van der Waals surface area contributed by atoms with Crippen LogP contribution in [0.5, 0.6) is 0 Å². The van der Waals surface area contributed by atoms with Crippen LogP contribution in [0.2, 0.25) is 18.6 Å². The zero-order valence-electron chi connectivity index (χ0n) is 16.0. The summed E-state index contributed by atoms with van der Waals surface area (Å²) in [5.41, 5.74) is 2.08. The SMILES string of the molecule is C[C@H]1[C@H]([Si](C)(C)F)[C@@H](CCO)O[C@H]1CCc1cccc(N2CCC2=O)c1. The number of aryl methyl sites for hydroxylation is 1. The van der Waals surface area contributed by atoms with E-state index in [-0.39, 0.29) is 36.2 Å². The fourth-order valence-electron chi connectivity index (χ4n) is 4.55. The second-order valence-corrected chi connectivity index (χ2v) is 12.0. The number of ether oxygens (including phenoxy) is 1. The molecule has 2 fully saturated rings. The Hall–Kier alpha value is -1.24. The Morgan fingerprint density at radius 3 is 2.65 bits per heavy atom. The number of halogens is 1. The first kappa shape index (κ1) is 19.5. The fraction of sp³-hybridized carbons (Fsp3) is 0.650. The topological polar surface area (TPSA) is 49.8 Å². The lowest BCUT2D eigenvalue weighted by Crippen LogP contribution is -2.43. The molecule has 2 saturated heterocycles. The number of carbonyl (C=O) groups excluding carboxylic acids is 1. The van der Waals surface area contributed by atoms with E-state index < -0.39 is 8.41 Å². The van der Waals surface area contributed by atoms with Crippen molar-refractivity contribution in [2.24, 2.45) is 5.92 Å². The molecule has 26 heavy (non-hydrogen) atoms. The van der Waals surface area contributed by atoms with Gasteiger partial charge in [-0.2, -0.15) is 0 Å². The summed E-state index contributed by atoms with van der Waals surface area (Å²) in [4.78, 5) is 13.4. The zero-order valence-corrected chi connectivity index (χ0v) is 17.0. The number of aliphatic hydroxyl groups excluding tert-OH is 1. The van der Waals surface area contributed by atoms with Crippen LogP contribution in [-0.2, 0) is 16.0 Å². The number of β-lactam (4-membered cyclic amide) rings is 1. The average molecular weight is 380 g/mol. The highest BCUT2D eigenvalue weighted by Gasteiger charge is 2.50. The minimum atomic E-state index is -2.85. The summed E-state index contributed by atoms with van der Waals surface area (Å²) >= 11 is 0. The minimum Gasteiger partial charge on any atom is -0.396 e. The third-order valence-corrected chi connectivity index (χ3v) is 8.38. The smallest absolute Gasteiger partial charge is 0.246 e. The second-order valence-electron chi connectivity index (χ2n) is 8.18. The van der Waals surface area contributed by atoms with Crippen molar-refractivity contribution in [3.05, 3.63) is 29.8 Å². The molecule has 0 saturated carbocycles. The van der Waals surface area contributed by atoms with Crippen LogP contribution in [0, 0.1) is 5.92 Å². The first-order chi connectivity index (χ1) is 12.3. The molecule has 0 aliphatic carbocycles. The lowest BCUT2D eigenvalue weighted by Gasteiger charge is -2.31. The molecule has 0 bridgehead atoms. The number of hydrogen-bond donors (Lipinski definition) is 1. The Labute approximate surface area is 156 Å². The molecule has 0 radical (unpaired) electrons. The summed E-state index contributed by atoms with van der Waals surface area (Å²) in [7, 11) is -2.85. The van der Waals surface area contributed by atoms with Gasteiger partial charge in [0.15, 0.2) is 0 Å². The number of nitrogens with zero attached hydrogens (tertiary/aromatic N) is 1. The van der Waals surface area contributed by atoms with E-state index in [0.717, 1.165) is 25.1 Å². The molecule has 2 aliphatic heterocycles. The van der Waals surface area contributed by atoms with Crippen LogP contribution in [0.25, 0.3) is 0 Å². The lowest BCUT2D eigenvalue weighted by atomic mass is 9.95. The van der Waals surface area contributed by atoms with Crippen LogP contribution in [0.3, 0.4) is 0 Å². The molecule has 2 aliphatic rings. The van der Waals surface area contributed by atoms with Crippen LogP contribution in [0.15, 0.2) is 24.3 Å². The van der Waals surface area contributed by atoms with E-state index >= 15 is 0 Å². The molecule has 1 aromatic carbocycles. The first-order valence-corrected chi connectivity index (χ1v) is 12.6. The molecule has 0 aromatic heterocycles. The molecular weight excluding hydrogens is 349 g/mol. The lowest BCUT2D eigenvalue weighted by molar-refractivity contribution is -0.122. The van der Waals surface area contributed by atoms with Gasteiger partial charge < -0.3 is 18.9 Å². The number of aliphatic hydroxyl groups is 1. The third kappa shape index (κ3) is 4.02. The molecule has 0 spiro atoms. The van der Waals surface area contributed by atoms with E-state index in [4.69, 9.17) is 4.74 Å². The summed E-state index contributed by atoms with van der Waals surface area (Å²) in [5.74, 6) is 0.345. The third-order valence-electron chi connectivity index (χ3n) is 5.90. The number of amides is 1. The highest BCUT2D eigenvalue weighted by molar-refractivity contribution is 6.72. The first-order valence-electron chi connectivity index (χ1n) is 9.66. The molecule has 4 atom stereocenters. The van der Waals surface area contributed by atoms with Gasteiger partial charge in [0.25, 0.3) is 0 Å². The molecule has 1 N–H and O–H groups in total. The van der Waals surface area contributed by atoms with Crippen molar-refractivity contribution in [2.75, 3.05) is 18.1 Å². The summed E-state index contributed by atoms with van der Waals surface area (Å²) in [5, 5.41) is 9.30. The van der Waals surface area contributed by atoms with Gasteiger partial charge in [-0.25, -0.2) is 0 Å². The van der Waals surface area contributed by atoms with Gasteiger partial charge >= 0.3 is 0 Å². The van der Waals surface area contributed by atoms with E-state index in [1.165, 1.54) is 5.56 Å². The quantitative estimate of drug-likeness (QED) is 0.447. The normalized spacial score (nSPS) is 29.1. The number of benzene rings is 1. The van der Waals surface area contributed by atoms with Crippen molar-refractivity contribution in [2.45, 2.75) is 63.5 Å². The van der Waals surface area contributed by atoms with Gasteiger partial charge in [0.05, 0.1) is 12.2 Å². The maximum atomic E-state index is 14.8. The molecule has 2 heterocycles. The predicted octanol–water partition coefficient (Wildman–Crippen LogP) is 3.69. The van der Waals surface area contributed by atoms with Gasteiger partial charge in [0.2, 0.25) is 14.3 Å². The van der Waals surface area contributed by atoms with Gasteiger partial charge in [-0.05, 0) is 56.0 Å². The van der Waals surface area contributed by atoms with Crippen molar-refractivity contribution >= 4 is 20.0 Å². The molecular formula is C20H30FNO3Si. The Balaban J connectivity index is 1.64. The summed E-state index contributed by atoms with van der Waals surface area (Å²) in [6, 6.07) is 8.11. The molecule has 6 heteroatoms. The van der Waals surface area contributed by atoms with Crippen LogP contribution in [0.4, 0.5) is 9.80 Å². The predicted molar refractivity (Wildman–Crippen MR) is 104 cm³/mol. The van der Waals surface area contributed by atoms with Gasteiger partial charge in [-0.1, -0.05) is 19.1 Å². The van der Waals surface area contributed by atoms with Crippen LogP contribution < -0.4 is 4.90 Å². The molecule has 4 nitrogen and oxygen atoms in total. The van der Waals surface area contributed by atoms with Gasteiger partial charge in [-0.15, -0.1) is 0 Å². The molecule has 0 unspecified atom stereocenters.